The molecule has 0 saturated heterocycles. The van der Waals surface area contributed by atoms with Gasteiger partial charge < -0.3 is 9.47 Å². The Morgan fingerprint density at radius 1 is 1.19 bits per heavy atom. The van der Waals surface area contributed by atoms with E-state index in [0.717, 1.165) is 0 Å². The van der Waals surface area contributed by atoms with Crippen LogP contribution in [-0.4, -0.2) is 31.5 Å². The van der Waals surface area contributed by atoms with Gasteiger partial charge in [-0.2, -0.15) is 0 Å². The van der Waals surface area contributed by atoms with Crippen LogP contribution in [0, 0.1) is 0 Å². The maximum absolute atomic E-state index is 11.7. The predicted molar refractivity (Wildman–Crippen MR) is 74.4 cm³/mol. The summed E-state index contributed by atoms with van der Waals surface area (Å²) < 4.78 is 9.60. The van der Waals surface area contributed by atoms with Gasteiger partial charge in [-0.3, -0.25) is 25.2 Å². The van der Waals surface area contributed by atoms with E-state index in [4.69, 9.17) is 4.74 Å². The zero-order valence-electron chi connectivity index (χ0n) is 11.5. The van der Waals surface area contributed by atoms with Gasteiger partial charge in [-0.15, -0.1) is 0 Å². The van der Waals surface area contributed by atoms with Crippen molar-refractivity contribution in [2.45, 2.75) is 6.42 Å². The minimum atomic E-state index is -0.689. The van der Waals surface area contributed by atoms with Crippen LogP contribution in [0.25, 0.3) is 0 Å². The summed E-state index contributed by atoms with van der Waals surface area (Å²) in [7, 11) is 1.17. The minimum absolute atomic E-state index is 0.333. The van der Waals surface area contributed by atoms with E-state index in [2.05, 4.69) is 22.2 Å². The Balaban J connectivity index is 2.46. The number of hydrogen-bond acceptors (Lipinski definition) is 5. The summed E-state index contributed by atoms with van der Waals surface area (Å²) in [5.41, 5.74) is 4.63. The SMILES string of the molecule is C=CCOc1ccc(C(=O)NNC(=O)CC(=O)OC)cc1. The lowest BCUT2D eigenvalue weighted by molar-refractivity contribution is -0.144. The summed E-state index contributed by atoms with van der Waals surface area (Å²) in [6.07, 6.45) is 1.14. The van der Waals surface area contributed by atoms with Gasteiger partial charge in [0.05, 0.1) is 7.11 Å². The Morgan fingerprint density at radius 3 is 2.43 bits per heavy atom. The zero-order valence-corrected chi connectivity index (χ0v) is 11.5. The molecular formula is C14H16N2O5. The van der Waals surface area contributed by atoms with E-state index in [1.807, 2.05) is 0 Å². The lowest BCUT2D eigenvalue weighted by Crippen LogP contribution is -2.42. The quantitative estimate of drug-likeness (QED) is 0.346. The molecule has 7 nitrogen and oxygen atoms in total. The Kier molecular flexibility index (Phi) is 6.46. The summed E-state index contributed by atoms with van der Waals surface area (Å²) in [5, 5.41) is 0. The maximum atomic E-state index is 11.7. The van der Waals surface area contributed by atoms with Crippen LogP contribution in [0.2, 0.25) is 0 Å². The minimum Gasteiger partial charge on any atom is -0.490 e. The van der Waals surface area contributed by atoms with E-state index in [1.165, 1.54) is 7.11 Å². The van der Waals surface area contributed by atoms with Crippen LogP contribution < -0.4 is 15.6 Å². The highest BCUT2D eigenvalue weighted by Crippen LogP contribution is 2.11. The molecule has 0 fully saturated rings. The largest absolute Gasteiger partial charge is 0.490 e. The molecule has 0 unspecified atom stereocenters. The van der Waals surface area contributed by atoms with Crippen LogP contribution in [0.3, 0.4) is 0 Å². The first kappa shape index (κ1) is 16.2. The third-order valence-electron chi connectivity index (χ3n) is 2.33. The number of carbonyl (C=O) groups is 3. The molecule has 0 aliphatic heterocycles. The third kappa shape index (κ3) is 5.77. The number of nitrogens with one attached hydrogen (secondary N) is 2. The highest BCUT2D eigenvalue weighted by atomic mass is 16.5. The molecule has 1 rings (SSSR count). The number of ether oxygens (including phenoxy) is 2. The molecule has 0 atom stereocenters. The van der Waals surface area contributed by atoms with E-state index in [9.17, 15) is 14.4 Å². The van der Waals surface area contributed by atoms with Gasteiger partial charge in [0.2, 0.25) is 5.91 Å². The number of hydrazine groups is 1. The molecule has 7 heteroatoms. The van der Waals surface area contributed by atoms with Gasteiger partial charge in [0, 0.05) is 5.56 Å². The first-order valence-corrected chi connectivity index (χ1v) is 6.06. The third-order valence-corrected chi connectivity index (χ3v) is 2.33. The standard InChI is InChI=1S/C14H16N2O5/c1-3-8-21-11-6-4-10(5-7-11)14(19)16-15-12(17)9-13(18)20-2/h3-7H,1,8-9H2,2H3,(H,15,17)(H,16,19). The highest BCUT2D eigenvalue weighted by Gasteiger charge is 2.11. The van der Waals surface area contributed by atoms with Crippen molar-refractivity contribution in [2.24, 2.45) is 0 Å². The Morgan fingerprint density at radius 2 is 1.86 bits per heavy atom. The first-order chi connectivity index (χ1) is 10.1. The molecule has 0 radical (unpaired) electrons. The van der Waals surface area contributed by atoms with Crippen LogP contribution in [-0.2, 0) is 14.3 Å². The van der Waals surface area contributed by atoms with Crippen molar-refractivity contribution in [2.75, 3.05) is 13.7 Å². The van der Waals surface area contributed by atoms with Gasteiger partial charge in [-0.05, 0) is 24.3 Å². The molecule has 1 aromatic rings. The number of benzene rings is 1. The maximum Gasteiger partial charge on any atom is 0.315 e. The number of esters is 1. The molecule has 1 aromatic carbocycles. The van der Waals surface area contributed by atoms with Gasteiger partial charge in [-0.25, -0.2) is 0 Å². The van der Waals surface area contributed by atoms with Crippen molar-refractivity contribution in [1.82, 2.24) is 10.9 Å². The molecule has 2 amide bonds. The monoisotopic (exact) mass is 292 g/mol. The molecule has 21 heavy (non-hydrogen) atoms. The van der Waals surface area contributed by atoms with Crippen LogP contribution in [0.5, 0.6) is 5.75 Å². The smallest absolute Gasteiger partial charge is 0.315 e. The number of carbonyl (C=O) groups excluding carboxylic acids is 3. The average Bonchev–Trinajstić information content (AvgIpc) is 2.50. The summed E-state index contributed by atoms with van der Waals surface area (Å²) >= 11 is 0. The average molecular weight is 292 g/mol. The normalized spacial score (nSPS) is 9.38. The van der Waals surface area contributed by atoms with Crippen LogP contribution in [0.15, 0.2) is 36.9 Å². The summed E-state index contributed by atoms with van der Waals surface area (Å²) in [5.74, 6) is -1.27. The molecule has 0 bridgehead atoms. The van der Waals surface area contributed by atoms with Crippen molar-refractivity contribution in [1.29, 1.82) is 0 Å². The van der Waals surface area contributed by atoms with Crippen molar-refractivity contribution >= 4 is 17.8 Å². The fourth-order valence-corrected chi connectivity index (χ4v) is 1.30. The van der Waals surface area contributed by atoms with E-state index in [0.29, 0.717) is 17.9 Å². The van der Waals surface area contributed by atoms with E-state index >= 15 is 0 Å². The zero-order chi connectivity index (χ0) is 15.7. The second-order valence-corrected chi connectivity index (χ2v) is 3.88. The van der Waals surface area contributed by atoms with Gasteiger partial charge in [0.15, 0.2) is 0 Å². The number of hydrogen-bond donors (Lipinski definition) is 2. The number of methoxy groups -OCH3 is 1. The molecule has 0 saturated carbocycles. The number of amides is 2. The van der Waals surface area contributed by atoms with E-state index < -0.39 is 24.2 Å². The summed E-state index contributed by atoms with van der Waals surface area (Å²) in [6, 6.07) is 6.32. The van der Waals surface area contributed by atoms with Gasteiger partial charge in [0.25, 0.3) is 5.91 Å². The highest BCUT2D eigenvalue weighted by molar-refractivity contribution is 5.98. The molecule has 0 heterocycles. The molecular weight excluding hydrogens is 276 g/mol. The van der Waals surface area contributed by atoms with Crippen molar-refractivity contribution in [3.8, 4) is 5.75 Å². The molecule has 112 valence electrons. The lowest BCUT2D eigenvalue weighted by Gasteiger charge is -2.07. The summed E-state index contributed by atoms with van der Waals surface area (Å²) in [6.45, 7) is 3.90. The van der Waals surface area contributed by atoms with Gasteiger partial charge >= 0.3 is 5.97 Å². The van der Waals surface area contributed by atoms with Crippen LogP contribution in [0.1, 0.15) is 16.8 Å². The van der Waals surface area contributed by atoms with Crippen molar-refractivity contribution < 1.29 is 23.9 Å². The Bertz CT molecular complexity index is 525. The molecule has 0 aromatic heterocycles. The molecule has 0 aliphatic rings. The molecule has 0 aliphatic carbocycles. The Hall–Kier alpha value is -2.83. The van der Waals surface area contributed by atoms with Crippen LogP contribution >= 0.6 is 0 Å². The van der Waals surface area contributed by atoms with Gasteiger partial charge in [0.1, 0.15) is 18.8 Å². The second-order valence-electron chi connectivity index (χ2n) is 3.88. The Labute approximate surface area is 121 Å². The van der Waals surface area contributed by atoms with Crippen molar-refractivity contribution in [3.63, 3.8) is 0 Å². The first-order valence-electron chi connectivity index (χ1n) is 6.06. The fourth-order valence-electron chi connectivity index (χ4n) is 1.30. The summed E-state index contributed by atoms with van der Waals surface area (Å²) in [4.78, 5) is 33.8. The molecule has 0 spiro atoms. The fraction of sp³-hybridized carbons (Fsp3) is 0.214. The van der Waals surface area contributed by atoms with Crippen molar-refractivity contribution in [3.05, 3.63) is 42.5 Å². The van der Waals surface area contributed by atoms with E-state index in [-0.39, 0.29) is 0 Å². The van der Waals surface area contributed by atoms with E-state index in [1.54, 1.807) is 30.3 Å². The van der Waals surface area contributed by atoms with Gasteiger partial charge in [-0.1, -0.05) is 12.7 Å². The topological polar surface area (TPSA) is 93.7 Å². The predicted octanol–water partition coefficient (Wildman–Crippen LogP) is 0.575. The molecule has 2 N–H and O–H groups in total. The lowest BCUT2D eigenvalue weighted by atomic mass is 10.2. The van der Waals surface area contributed by atoms with Crippen LogP contribution in [0.4, 0.5) is 0 Å². The second kappa shape index (κ2) is 8.36. The number of rotatable bonds is 6.